The predicted molar refractivity (Wildman–Crippen MR) is 47.0 cm³/mol. The van der Waals surface area contributed by atoms with Gasteiger partial charge in [0, 0.05) is 13.0 Å². The van der Waals surface area contributed by atoms with Gasteiger partial charge in [0.2, 0.25) is 0 Å². The zero-order chi connectivity index (χ0) is 10.3. The fourth-order valence-electron chi connectivity index (χ4n) is 1.29. The van der Waals surface area contributed by atoms with Crippen molar-refractivity contribution in [3.05, 3.63) is 0 Å². The van der Waals surface area contributed by atoms with E-state index >= 15 is 0 Å². The van der Waals surface area contributed by atoms with Crippen LogP contribution < -0.4 is 0 Å². The van der Waals surface area contributed by atoms with Crippen molar-refractivity contribution in [2.45, 2.75) is 19.1 Å². The van der Waals surface area contributed by atoms with E-state index in [1.54, 1.807) is 0 Å². The number of rotatable bonds is 3. The maximum Gasteiger partial charge on any atom is 0.303 e. The monoisotopic (exact) mass is 186 g/mol. The molecule has 74 valence electrons. The second-order valence-electron chi connectivity index (χ2n) is 2.62. The van der Waals surface area contributed by atoms with Crippen LogP contribution in [-0.2, 0) is 14.3 Å². The van der Waals surface area contributed by atoms with Gasteiger partial charge in [-0.1, -0.05) is 0 Å². The summed E-state index contributed by atoms with van der Waals surface area (Å²) in [5.74, 6) is -0.764. The van der Waals surface area contributed by atoms with E-state index in [2.05, 4.69) is 12.8 Å². The molecule has 1 N–H and O–H groups in total. The summed E-state index contributed by atoms with van der Waals surface area (Å²) in [5, 5.41) is 8.48. The number of methoxy groups -OCH3 is 1. The quantitative estimate of drug-likeness (QED) is 0.660. The lowest BCUT2D eigenvalue weighted by Gasteiger charge is -2.13. The van der Waals surface area contributed by atoms with Gasteiger partial charge in [0.05, 0.1) is 13.0 Å². The zero-order valence-electron chi connectivity index (χ0n) is 7.60. The minimum atomic E-state index is -0.789. The van der Waals surface area contributed by atoms with Crippen molar-refractivity contribution in [1.29, 1.82) is 0 Å². The molecule has 0 bridgehead atoms. The maximum absolute atomic E-state index is 10.3. The minimum Gasteiger partial charge on any atom is -0.481 e. The van der Waals surface area contributed by atoms with Crippen molar-refractivity contribution in [1.82, 2.24) is 0 Å². The molecule has 1 aliphatic heterocycles. The van der Waals surface area contributed by atoms with Crippen molar-refractivity contribution >= 4 is 5.97 Å². The van der Waals surface area contributed by atoms with Gasteiger partial charge in [-0.3, -0.25) is 4.79 Å². The standard InChI is InChI=1S/C7H12O4.C2H2/c1-10-7-5(2-3-11-7)4-6(8)9;1-2/h5,7H,2-4H2,1H3,(H,8,9);1-2H/t5-,7?;/m1./s1. The molecule has 4 nitrogen and oxygen atoms in total. The van der Waals surface area contributed by atoms with Gasteiger partial charge in [0.15, 0.2) is 6.29 Å². The third-order valence-electron chi connectivity index (χ3n) is 1.82. The summed E-state index contributed by atoms with van der Waals surface area (Å²) in [6.07, 6.45) is 8.61. The van der Waals surface area contributed by atoms with Crippen LogP contribution in [0, 0.1) is 18.8 Å². The number of aliphatic carboxylic acids is 1. The molecular formula is C9H14O4. The Morgan fingerprint density at radius 3 is 2.77 bits per heavy atom. The Morgan fingerprint density at radius 1 is 1.69 bits per heavy atom. The highest BCUT2D eigenvalue weighted by Crippen LogP contribution is 2.24. The smallest absolute Gasteiger partial charge is 0.303 e. The highest BCUT2D eigenvalue weighted by atomic mass is 16.7. The molecule has 0 aromatic carbocycles. The van der Waals surface area contributed by atoms with E-state index in [0.717, 1.165) is 6.42 Å². The number of ether oxygens (including phenoxy) is 2. The van der Waals surface area contributed by atoms with Crippen LogP contribution in [0.15, 0.2) is 0 Å². The molecule has 0 saturated carbocycles. The Bertz CT molecular complexity index is 176. The first-order valence-electron chi connectivity index (χ1n) is 3.93. The lowest BCUT2D eigenvalue weighted by atomic mass is 10.0. The molecule has 1 unspecified atom stereocenters. The van der Waals surface area contributed by atoms with Gasteiger partial charge in [-0.15, -0.1) is 12.8 Å². The van der Waals surface area contributed by atoms with Gasteiger partial charge in [-0.05, 0) is 6.42 Å². The zero-order valence-corrected chi connectivity index (χ0v) is 7.60. The first-order valence-corrected chi connectivity index (χ1v) is 3.93. The molecule has 0 amide bonds. The summed E-state index contributed by atoms with van der Waals surface area (Å²) in [4.78, 5) is 10.3. The van der Waals surface area contributed by atoms with E-state index in [4.69, 9.17) is 14.6 Å². The van der Waals surface area contributed by atoms with E-state index in [9.17, 15) is 4.79 Å². The van der Waals surface area contributed by atoms with Crippen LogP contribution >= 0.6 is 0 Å². The number of terminal acetylenes is 1. The van der Waals surface area contributed by atoms with Crippen molar-refractivity contribution in [2.75, 3.05) is 13.7 Å². The fraction of sp³-hybridized carbons (Fsp3) is 0.667. The van der Waals surface area contributed by atoms with Gasteiger partial charge in [0.25, 0.3) is 0 Å². The second-order valence-corrected chi connectivity index (χ2v) is 2.62. The van der Waals surface area contributed by atoms with Crippen LogP contribution in [0.2, 0.25) is 0 Å². The molecule has 1 aliphatic rings. The molecule has 0 aliphatic carbocycles. The van der Waals surface area contributed by atoms with Crippen LogP contribution in [0.25, 0.3) is 0 Å². The molecule has 0 aromatic rings. The number of hydrogen-bond acceptors (Lipinski definition) is 3. The number of carbonyl (C=O) groups is 1. The normalized spacial score (nSPS) is 26.1. The van der Waals surface area contributed by atoms with E-state index in [0.29, 0.717) is 6.61 Å². The SMILES string of the molecule is C#C.COC1OCC[C@@H]1CC(=O)O. The van der Waals surface area contributed by atoms with Gasteiger partial charge < -0.3 is 14.6 Å². The Balaban J connectivity index is 0.000000671. The summed E-state index contributed by atoms with van der Waals surface area (Å²) < 4.78 is 10.1. The molecule has 2 atom stereocenters. The summed E-state index contributed by atoms with van der Waals surface area (Å²) in [6, 6.07) is 0. The molecule has 13 heavy (non-hydrogen) atoms. The molecular weight excluding hydrogens is 172 g/mol. The van der Waals surface area contributed by atoms with Crippen LogP contribution in [0.1, 0.15) is 12.8 Å². The van der Waals surface area contributed by atoms with E-state index in [1.807, 2.05) is 0 Å². The molecule has 1 saturated heterocycles. The highest BCUT2D eigenvalue weighted by Gasteiger charge is 2.29. The second kappa shape index (κ2) is 6.46. The summed E-state index contributed by atoms with van der Waals surface area (Å²) in [6.45, 7) is 0.608. The van der Waals surface area contributed by atoms with E-state index in [-0.39, 0.29) is 18.6 Å². The van der Waals surface area contributed by atoms with E-state index < -0.39 is 5.97 Å². The lowest BCUT2D eigenvalue weighted by molar-refractivity contribution is -0.144. The molecule has 1 rings (SSSR count). The fourth-order valence-corrected chi connectivity index (χ4v) is 1.29. The lowest BCUT2D eigenvalue weighted by Crippen LogP contribution is -2.20. The molecule has 0 aromatic heterocycles. The largest absolute Gasteiger partial charge is 0.481 e. The van der Waals surface area contributed by atoms with Gasteiger partial charge in [0.1, 0.15) is 0 Å². The molecule has 1 heterocycles. The summed E-state index contributed by atoms with van der Waals surface area (Å²) in [7, 11) is 1.53. The van der Waals surface area contributed by atoms with Crippen LogP contribution in [0.4, 0.5) is 0 Å². The van der Waals surface area contributed by atoms with Crippen molar-refractivity contribution in [3.8, 4) is 12.8 Å². The number of hydrogen-bond donors (Lipinski definition) is 1. The predicted octanol–water partition coefficient (Wildman–Crippen LogP) is 0.719. The average Bonchev–Trinajstić information content (AvgIpc) is 2.54. The average molecular weight is 186 g/mol. The van der Waals surface area contributed by atoms with Crippen LogP contribution in [0.5, 0.6) is 0 Å². The van der Waals surface area contributed by atoms with Crippen LogP contribution in [0.3, 0.4) is 0 Å². The van der Waals surface area contributed by atoms with Gasteiger partial charge in [-0.25, -0.2) is 0 Å². The van der Waals surface area contributed by atoms with Gasteiger partial charge in [-0.2, -0.15) is 0 Å². The van der Waals surface area contributed by atoms with Crippen molar-refractivity contribution < 1.29 is 19.4 Å². The molecule has 0 spiro atoms. The van der Waals surface area contributed by atoms with Crippen molar-refractivity contribution in [3.63, 3.8) is 0 Å². The Hall–Kier alpha value is -1.05. The number of carboxylic acid groups (broad SMARTS) is 1. The maximum atomic E-state index is 10.3. The van der Waals surface area contributed by atoms with Crippen LogP contribution in [-0.4, -0.2) is 31.1 Å². The summed E-state index contributed by atoms with van der Waals surface area (Å²) >= 11 is 0. The number of carboxylic acids is 1. The third-order valence-corrected chi connectivity index (χ3v) is 1.82. The van der Waals surface area contributed by atoms with E-state index in [1.165, 1.54) is 7.11 Å². The topological polar surface area (TPSA) is 55.8 Å². The first-order chi connectivity index (χ1) is 6.24. The molecule has 1 fully saturated rings. The third kappa shape index (κ3) is 3.92. The van der Waals surface area contributed by atoms with Gasteiger partial charge >= 0.3 is 5.97 Å². The summed E-state index contributed by atoms with van der Waals surface area (Å²) in [5.41, 5.74) is 0. The minimum absolute atomic E-state index is 0.0255. The Morgan fingerprint density at radius 2 is 2.31 bits per heavy atom. The Labute approximate surface area is 77.8 Å². The Kier molecular flexibility index (Phi) is 5.94. The highest BCUT2D eigenvalue weighted by molar-refractivity contribution is 5.67. The molecule has 0 radical (unpaired) electrons. The van der Waals surface area contributed by atoms with Crippen molar-refractivity contribution in [2.24, 2.45) is 5.92 Å². The first kappa shape index (κ1) is 11.9. The molecule has 4 heteroatoms.